The molecule has 3 N–H and O–H groups in total. The molecule has 0 atom stereocenters. The Morgan fingerprint density at radius 1 is 1.38 bits per heavy atom. The average molecular weight is 224 g/mol. The zero-order valence-electron chi connectivity index (χ0n) is 8.90. The van der Waals surface area contributed by atoms with E-state index in [-0.39, 0.29) is 11.7 Å². The van der Waals surface area contributed by atoms with Crippen molar-refractivity contribution in [2.45, 2.75) is 19.9 Å². The Labute approximate surface area is 91.8 Å². The van der Waals surface area contributed by atoms with Crippen LogP contribution in [0.4, 0.5) is 22.7 Å². The van der Waals surface area contributed by atoms with Crippen molar-refractivity contribution in [3.05, 3.63) is 22.2 Å². The number of nitro groups is 1. The van der Waals surface area contributed by atoms with Crippen LogP contribution >= 0.6 is 0 Å². The summed E-state index contributed by atoms with van der Waals surface area (Å²) >= 11 is 0. The van der Waals surface area contributed by atoms with Gasteiger partial charge in [-0.3, -0.25) is 10.1 Å². The van der Waals surface area contributed by atoms with E-state index in [1.54, 1.807) is 6.07 Å². The van der Waals surface area contributed by atoms with Gasteiger partial charge in [0.2, 0.25) is 0 Å². The summed E-state index contributed by atoms with van der Waals surface area (Å²) in [5.41, 5.74) is 6.71. The molecule has 86 valence electrons. The normalized spacial score (nSPS) is 12.9. The van der Waals surface area contributed by atoms with Crippen LogP contribution in [0.2, 0.25) is 0 Å². The first-order valence-corrected chi connectivity index (χ1v) is 4.85. The van der Waals surface area contributed by atoms with Crippen molar-refractivity contribution in [3.63, 3.8) is 0 Å². The zero-order chi connectivity index (χ0) is 11.7. The van der Waals surface area contributed by atoms with Crippen LogP contribution in [0.25, 0.3) is 0 Å². The molecule has 1 aliphatic rings. The molecule has 0 aromatic heterocycles. The third-order valence-electron chi connectivity index (χ3n) is 2.13. The molecule has 0 saturated carbocycles. The summed E-state index contributed by atoms with van der Waals surface area (Å²) < 4.78 is 0. The maximum absolute atomic E-state index is 10.8. The second-order valence-electron chi connectivity index (χ2n) is 3.74. The molecule has 0 unspecified atom stereocenters. The molecule has 0 saturated heterocycles. The minimum Gasteiger partial charge on any atom is -0.381 e. The van der Waals surface area contributed by atoms with Gasteiger partial charge in [-0.1, -0.05) is 0 Å². The van der Waals surface area contributed by atoms with E-state index >= 15 is 0 Å². The van der Waals surface area contributed by atoms with E-state index in [2.05, 4.69) is 16.3 Å². The number of fused-ring (bicyclic) bond motifs is 1. The van der Waals surface area contributed by atoms with Gasteiger partial charge in [-0.15, -0.1) is 0 Å². The van der Waals surface area contributed by atoms with Crippen molar-refractivity contribution >= 4 is 22.7 Å². The first-order chi connectivity index (χ1) is 7.59. The number of benzene rings is 1. The van der Waals surface area contributed by atoms with Gasteiger partial charge >= 0.3 is 0 Å². The van der Waals surface area contributed by atoms with Gasteiger partial charge < -0.3 is 5.32 Å². The molecule has 1 aromatic rings. The minimum absolute atomic E-state index is 0.0192. The highest BCUT2D eigenvalue weighted by Crippen LogP contribution is 2.41. The van der Waals surface area contributed by atoms with Crippen LogP contribution in [0, 0.1) is 10.1 Å². The van der Waals surface area contributed by atoms with Gasteiger partial charge in [0, 0.05) is 12.1 Å². The summed E-state index contributed by atoms with van der Waals surface area (Å²) in [6.45, 7) is 3.97. The topological polar surface area (TPSA) is 88.5 Å². The second kappa shape index (κ2) is 3.86. The van der Waals surface area contributed by atoms with Crippen molar-refractivity contribution in [3.8, 4) is 0 Å². The lowest BCUT2D eigenvalue weighted by atomic mass is 10.2. The molecule has 7 heteroatoms. The number of nitrogens with zero attached hydrogens (tertiary/aromatic N) is 1. The summed E-state index contributed by atoms with van der Waals surface area (Å²) in [4.78, 5) is 15.1. The summed E-state index contributed by atoms with van der Waals surface area (Å²) in [6.07, 6.45) is 0. The van der Waals surface area contributed by atoms with Crippen LogP contribution in [0.1, 0.15) is 13.8 Å². The summed E-state index contributed by atoms with van der Waals surface area (Å²) in [5, 5.41) is 13.9. The van der Waals surface area contributed by atoms with E-state index in [9.17, 15) is 10.1 Å². The maximum Gasteiger partial charge on any atom is 0.297 e. The third kappa shape index (κ3) is 1.72. The Bertz CT molecular complexity index is 433. The number of nitro benzene ring substituents is 1. The Morgan fingerprint density at radius 3 is 2.69 bits per heavy atom. The van der Waals surface area contributed by atoms with Crippen molar-refractivity contribution < 1.29 is 9.86 Å². The van der Waals surface area contributed by atoms with Gasteiger partial charge in [0.25, 0.3) is 5.69 Å². The van der Waals surface area contributed by atoms with E-state index < -0.39 is 4.92 Å². The first kappa shape index (κ1) is 10.5. The summed E-state index contributed by atoms with van der Waals surface area (Å²) in [6, 6.07) is 3.32. The molecule has 0 aliphatic carbocycles. The highest BCUT2D eigenvalue weighted by molar-refractivity contribution is 5.89. The van der Waals surface area contributed by atoms with E-state index in [0.717, 1.165) is 5.69 Å². The van der Waals surface area contributed by atoms with Gasteiger partial charge in [-0.2, -0.15) is 4.94 Å². The van der Waals surface area contributed by atoms with Crippen LogP contribution in [0.15, 0.2) is 12.1 Å². The predicted octanol–water partition coefficient (Wildman–Crippen LogP) is 2.10. The average Bonchev–Trinajstić information content (AvgIpc) is 2.65. The van der Waals surface area contributed by atoms with E-state index in [1.165, 1.54) is 6.07 Å². The molecule has 16 heavy (non-hydrogen) atoms. The fourth-order valence-electron chi connectivity index (χ4n) is 1.51. The van der Waals surface area contributed by atoms with Crippen LogP contribution in [-0.4, -0.2) is 11.0 Å². The second-order valence-corrected chi connectivity index (χ2v) is 3.74. The number of hydrogen-bond donors (Lipinski definition) is 3. The molecule has 0 amide bonds. The largest absolute Gasteiger partial charge is 0.381 e. The lowest BCUT2D eigenvalue weighted by Crippen LogP contribution is -2.10. The minimum atomic E-state index is -0.457. The molecule has 0 fully saturated rings. The van der Waals surface area contributed by atoms with Gasteiger partial charge in [-0.25, -0.2) is 11.0 Å². The lowest BCUT2D eigenvalue weighted by Gasteiger charge is -2.12. The van der Waals surface area contributed by atoms with E-state index in [4.69, 9.17) is 4.94 Å². The number of hydrogen-bond acceptors (Lipinski definition) is 6. The highest BCUT2D eigenvalue weighted by atomic mass is 16.8. The third-order valence-corrected chi connectivity index (χ3v) is 2.13. The molecule has 1 aliphatic heterocycles. The zero-order valence-corrected chi connectivity index (χ0v) is 8.90. The van der Waals surface area contributed by atoms with Crippen LogP contribution in [-0.2, 0) is 4.94 Å². The van der Waals surface area contributed by atoms with E-state index in [0.29, 0.717) is 11.4 Å². The Kier molecular flexibility index (Phi) is 2.53. The number of rotatable bonds is 3. The highest BCUT2D eigenvalue weighted by Gasteiger charge is 2.25. The van der Waals surface area contributed by atoms with Crippen LogP contribution in [0.3, 0.4) is 0 Å². The maximum atomic E-state index is 10.8. The fraction of sp³-hybridized carbons (Fsp3) is 0.333. The number of nitrogens with one attached hydrogen (secondary N) is 3. The standard InChI is InChI=1S/C9H12N4O3/c1-5(2)10-6-3-4-7(13(14)15)9-8(6)11-16-12-9/h3-5,10-12H,1-2H3. The van der Waals surface area contributed by atoms with E-state index in [1.807, 2.05) is 13.8 Å². The van der Waals surface area contributed by atoms with Gasteiger partial charge in [0.15, 0.2) is 5.69 Å². The lowest BCUT2D eigenvalue weighted by molar-refractivity contribution is -0.384. The molecule has 7 nitrogen and oxygen atoms in total. The first-order valence-electron chi connectivity index (χ1n) is 4.85. The fourth-order valence-corrected chi connectivity index (χ4v) is 1.51. The number of anilines is 3. The van der Waals surface area contributed by atoms with Crippen LogP contribution < -0.4 is 16.3 Å². The molecule has 0 spiro atoms. The molecule has 1 heterocycles. The Morgan fingerprint density at radius 2 is 2.06 bits per heavy atom. The molecule has 1 aromatic carbocycles. The molecular weight excluding hydrogens is 212 g/mol. The smallest absolute Gasteiger partial charge is 0.297 e. The SMILES string of the molecule is CC(C)Nc1ccc([N+](=O)[O-])c2c1NON2. The quantitative estimate of drug-likeness (QED) is 0.538. The molecule has 2 rings (SSSR count). The predicted molar refractivity (Wildman–Crippen MR) is 60.2 cm³/mol. The van der Waals surface area contributed by atoms with Crippen LogP contribution in [0.5, 0.6) is 0 Å². The monoisotopic (exact) mass is 224 g/mol. The van der Waals surface area contributed by atoms with Crippen molar-refractivity contribution in [2.24, 2.45) is 0 Å². The summed E-state index contributed by atoms with van der Waals surface area (Å²) in [5.74, 6) is 0. The van der Waals surface area contributed by atoms with Gasteiger partial charge in [0.1, 0.15) is 5.69 Å². The van der Waals surface area contributed by atoms with Gasteiger partial charge in [0.05, 0.1) is 10.6 Å². The Hall–Kier alpha value is -2.02. The molecule has 0 radical (unpaired) electrons. The molecule has 0 bridgehead atoms. The van der Waals surface area contributed by atoms with Gasteiger partial charge in [-0.05, 0) is 19.9 Å². The van der Waals surface area contributed by atoms with Crippen molar-refractivity contribution in [2.75, 3.05) is 16.3 Å². The van der Waals surface area contributed by atoms with Crippen molar-refractivity contribution in [1.82, 2.24) is 0 Å². The Balaban J connectivity index is 2.45. The molecular formula is C9H12N4O3. The summed E-state index contributed by atoms with van der Waals surface area (Å²) in [7, 11) is 0. The van der Waals surface area contributed by atoms with Crippen molar-refractivity contribution in [1.29, 1.82) is 0 Å².